The fourth-order valence-corrected chi connectivity index (χ4v) is 3.59. The first kappa shape index (κ1) is 18.4. The number of nitrogens with one attached hydrogen (secondary N) is 2. The van der Waals surface area contributed by atoms with Crippen molar-refractivity contribution < 1.29 is 4.79 Å². The van der Waals surface area contributed by atoms with Crippen molar-refractivity contribution in [3.05, 3.63) is 69.9 Å². The molecular formula is C22H21ClN4O. The molecule has 1 aliphatic carbocycles. The smallest absolute Gasteiger partial charge is 0.229 e. The summed E-state index contributed by atoms with van der Waals surface area (Å²) in [4.78, 5) is 21.9. The van der Waals surface area contributed by atoms with Gasteiger partial charge in [0.15, 0.2) is 5.78 Å². The standard InChI is InChI=1S/C22H21ClN4O/c1-13-5-3-6-14(2)20(13)26-21-19-17(7-4-8-18(19)28)25-22(27-21)24-16-11-9-15(23)10-12-16/h3,5-6,9-12H,4,7-8H2,1-2H3,(H2,24,25,26,27). The maximum absolute atomic E-state index is 12.6. The highest BCUT2D eigenvalue weighted by Gasteiger charge is 2.25. The van der Waals surface area contributed by atoms with Gasteiger partial charge in [0.1, 0.15) is 5.82 Å². The van der Waals surface area contributed by atoms with E-state index >= 15 is 0 Å². The van der Waals surface area contributed by atoms with Crippen molar-refractivity contribution in [2.45, 2.75) is 33.1 Å². The third-order valence-corrected chi connectivity index (χ3v) is 5.16. The Hall–Kier alpha value is -2.92. The molecule has 0 unspecified atom stereocenters. The van der Waals surface area contributed by atoms with E-state index in [1.54, 1.807) is 0 Å². The molecule has 0 amide bonds. The molecule has 0 radical (unpaired) electrons. The van der Waals surface area contributed by atoms with Crippen LogP contribution in [-0.2, 0) is 6.42 Å². The number of ketones is 1. The molecule has 0 saturated carbocycles. The van der Waals surface area contributed by atoms with Gasteiger partial charge in [-0.2, -0.15) is 4.98 Å². The van der Waals surface area contributed by atoms with E-state index in [0.717, 1.165) is 41.0 Å². The number of aryl methyl sites for hydroxylation is 3. The number of nitrogens with zero attached hydrogens (tertiary/aromatic N) is 2. The SMILES string of the molecule is Cc1cccc(C)c1Nc1nc(Nc2ccc(Cl)cc2)nc2c1C(=O)CCC2. The topological polar surface area (TPSA) is 66.9 Å². The number of carbonyl (C=O) groups is 1. The van der Waals surface area contributed by atoms with E-state index in [4.69, 9.17) is 11.6 Å². The lowest BCUT2D eigenvalue weighted by molar-refractivity contribution is 0.0972. The van der Waals surface area contributed by atoms with Crippen molar-refractivity contribution in [1.82, 2.24) is 9.97 Å². The maximum Gasteiger partial charge on any atom is 0.229 e. The van der Waals surface area contributed by atoms with Crippen LogP contribution in [0, 0.1) is 13.8 Å². The summed E-state index contributed by atoms with van der Waals surface area (Å²) < 4.78 is 0. The molecule has 0 fully saturated rings. The molecule has 1 aliphatic rings. The fourth-order valence-electron chi connectivity index (χ4n) is 3.46. The molecule has 0 atom stereocenters. The molecule has 0 aliphatic heterocycles. The lowest BCUT2D eigenvalue weighted by atomic mass is 9.95. The molecule has 0 spiro atoms. The van der Waals surface area contributed by atoms with Crippen molar-refractivity contribution >= 4 is 40.5 Å². The molecule has 1 aromatic heterocycles. The fraction of sp³-hybridized carbons (Fsp3) is 0.227. The number of para-hydroxylation sites is 1. The van der Waals surface area contributed by atoms with E-state index in [9.17, 15) is 4.79 Å². The molecule has 28 heavy (non-hydrogen) atoms. The van der Waals surface area contributed by atoms with Gasteiger partial charge >= 0.3 is 0 Å². The highest BCUT2D eigenvalue weighted by Crippen LogP contribution is 2.31. The van der Waals surface area contributed by atoms with Crippen LogP contribution in [0.15, 0.2) is 42.5 Å². The Morgan fingerprint density at radius 1 is 0.929 bits per heavy atom. The largest absolute Gasteiger partial charge is 0.339 e. The summed E-state index contributed by atoms with van der Waals surface area (Å²) in [5.74, 6) is 1.11. The molecule has 142 valence electrons. The monoisotopic (exact) mass is 392 g/mol. The van der Waals surface area contributed by atoms with Crippen molar-refractivity contribution in [2.75, 3.05) is 10.6 Å². The summed E-state index contributed by atoms with van der Waals surface area (Å²) in [5.41, 5.74) is 5.40. The minimum absolute atomic E-state index is 0.0908. The second-order valence-corrected chi connectivity index (χ2v) is 7.45. The average Bonchev–Trinajstić information content (AvgIpc) is 2.66. The molecule has 6 heteroatoms. The lowest BCUT2D eigenvalue weighted by Crippen LogP contribution is -2.18. The first-order valence-corrected chi connectivity index (χ1v) is 9.69. The van der Waals surface area contributed by atoms with Gasteiger partial charge in [0, 0.05) is 22.8 Å². The number of aromatic nitrogens is 2. The van der Waals surface area contributed by atoms with E-state index in [1.165, 1.54) is 0 Å². The summed E-state index contributed by atoms with van der Waals surface area (Å²) in [6, 6.07) is 13.5. The van der Waals surface area contributed by atoms with E-state index in [1.807, 2.05) is 56.3 Å². The molecule has 2 N–H and O–H groups in total. The number of anilines is 4. The first-order valence-electron chi connectivity index (χ1n) is 9.31. The van der Waals surface area contributed by atoms with Gasteiger partial charge in [-0.05, 0) is 62.1 Å². The number of benzene rings is 2. The summed E-state index contributed by atoms with van der Waals surface area (Å²) in [6.07, 6.45) is 2.11. The van der Waals surface area contributed by atoms with Gasteiger partial charge in [0.25, 0.3) is 0 Å². The number of hydrogen-bond donors (Lipinski definition) is 2. The molecular weight excluding hydrogens is 372 g/mol. The lowest BCUT2D eigenvalue weighted by Gasteiger charge is -2.20. The normalized spacial score (nSPS) is 13.2. The molecule has 1 heterocycles. The quantitative estimate of drug-likeness (QED) is 0.591. The predicted octanol–water partition coefficient (Wildman–Crippen LogP) is 5.75. The van der Waals surface area contributed by atoms with Crippen LogP contribution >= 0.6 is 11.6 Å². The minimum Gasteiger partial charge on any atom is -0.339 e. The number of Topliss-reactive ketones (excluding diaryl/α,β-unsaturated/α-hetero) is 1. The van der Waals surface area contributed by atoms with Gasteiger partial charge in [0.05, 0.1) is 11.3 Å². The third kappa shape index (κ3) is 3.71. The van der Waals surface area contributed by atoms with Crippen LogP contribution in [0.3, 0.4) is 0 Å². The minimum atomic E-state index is 0.0908. The molecule has 2 aromatic carbocycles. The van der Waals surface area contributed by atoms with E-state index in [0.29, 0.717) is 28.8 Å². The Morgan fingerprint density at radius 3 is 2.36 bits per heavy atom. The van der Waals surface area contributed by atoms with Crippen LogP contribution in [0.2, 0.25) is 5.02 Å². The maximum atomic E-state index is 12.6. The Balaban J connectivity index is 1.77. The molecule has 3 aromatic rings. The number of fused-ring (bicyclic) bond motifs is 1. The Morgan fingerprint density at radius 2 is 1.64 bits per heavy atom. The summed E-state index contributed by atoms with van der Waals surface area (Å²) >= 11 is 5.96. The molecule has 4 rings (SSSR count). The second kappa shape index (κ2) is 7.60. The van der Waals surface area contributed by atoms with Crippen molar-refractivity contribution in [2.24, 2.45) is 0 Å². The number of carbonyl (C=O) groups excluding carboxylic acids is 1. The number of hydrogen-bond acceptors (Lipinski definition) is 5. The summed E-state index contributed by atoms with van der Waals surface area (Å²) in [6.45, 7) is 4.08. The van der Waals surface area contributed by atoms with Crippen LogP contribution in [-0.4, -0.2) is 15.8 Å². The van der Waals surface area contributed by atoms with Crippen LogP contribution in [0.1, 0.15) is 40.0 Å². The van der Waals surface area contributed by atoms with Crippen LogP contribution < -0.4 is 10.6 Å². The Kier molecular flexibility index (Phi) is 5.01. The number of rotatable bonds is 4. The summed E-state index contributed by atoms with van der Waals surface area (Å²) in [7, 11) is 0. The Labute approximate surface area is 169 Å². The van der Waals surface area contributed by atoms with E-state index in [-0.39, 0.29) is 5.78 Å². The number of halogens is 1. The van der Waals surface area contributed by atoms with Crippen molar-refractivity contribution in [1.29, 1.82) is 0 Å². The van der Waals surface area contributed by atoms with Gasteiger partial charge in [0.2, 0.25) is 5.95 Å². The highest BCUT2D eigenvalue weighted by atomic mass is 35.5. The van der Waals surface area contributed by atoms with Crippen LogP contribution in [0.4, 0.5) is 23.1 Å². The van der Waals surface area contributed by atoms with E-state index in [2.05, 4.69) is 20.6 Å². The third-order valence-electron chi connectivity index (χ3n) is 4.91. The van der Waals surface area contributed by atoms with Crippen LogP contribution in [0.25, 0.3) is 0 Å². The zero-order valence-corrected chi connectivity index (χ0v) is 16.6. The van der Waals surface area contributed by atoms with Gasteiger partial charge in [-0.25, -0.2) is 4.98 Å². The van der Waals surface area contributed by atoms with Gasteiger partial charge < -0.3 is 10.6 Å². The van der Waals surface area contributed by atoms with Crippen molar-refractivity contribution in [3.8, 4) is 0 Å². The van der Waals surface area contributed by atoms with Gasteiger partial charge in [-0.1, -0.05) is 29.8 Å². The molecule has 0 saturated heterocycles. The average molecular weight is 393 g/mol. The zero-order valence-electron chi connectivity index (χ0n) is 15.8. The van der Waals surface area contributed by atoms with Gasteiger partial charge in [-0.3, -0.25) is 4.79 Å². The van der Waals surface area contributed by atoms with Crippen LogP contribution in [0.5, 0.6) is 0 Å². The molecule has 0 bridgehead atoms. The second-order valence-electron chi connectivity index (χ2n) is 7.02. The Bertz CT molecular complexity index is 1030. The molecule has 5 nitrogen and oxygen atoms in total. The zero-order chi connectivity index (χ0) is 19.7. The summed E-state index contributed by atoms with van der Waals surface area (Å²) in [5, 5.41) is 7.29. The highest BCUT2D eigenvalue weighted by molar-refractivity contribution is 6.30. The first-order chi connectivity index (χ1) is 13.5. The van der Waals surface area contributed by atoms with Gasteiger partial charge in [-0.15, -0.1) is 0 Å². The van der Waals surface area contributed by atoms with E-state index < -0.39 is 0 Å². The van der Waals surface area contributed by atoms with Crippen molar-refractivity contribution in [3.63, 3.8) is 0 Å². The predicted molar refractivity (Wildman–Crippen MR) is 113 cm³/mol.